The first-order chi connectivity index (χ1) is 10.9. The Balaban J connectivity index is 2.68. The van der Waals surface area contributed by atoms with E-state index in [2.05, 4.69) is 10.0 Å². The van der Waals surface area contributed by atoms with E-state index < -0.39 is 34.0 Å². The van der Waals surface area contributed by atoms with Gasteiger partial charge in [0.05, 0.1) is 6.04 Å². The number of carbonyl (C=O) groups excluding carboxylic acids is 1. The number of carbonyl (C=O) groups is 2. The van der Waals surface area contributed by atoms with Crippen molar-refractivity contribution in [1.29, 1.82) is 0 Å². The van der Waals surface area contributed by atoms with Gasteiger partial charge in [0.2, 0.25) is 5.91 Å². The molecule has 1 aromatic rings. The van der Waals surface area contributed by atoms with Crippen LogP contribution in [-0.4, -0.2) is 37.5 Å². The Bertz CT molecular complexity index is 663. The highest BCUT2D eigenvalue weighted by Gasteiger charge is 2.27. The van der Waals surface area contributed by atoms with Crippen LogP contribution in [0.5, 0.6) is 0 Å². The molecule has 0 bridgehead atoms. The molecular formula is C15H24N2O5S2. The zero-order chi connectivity index (χ0) is 18.5. The molecule has 0 saturated heterocycles. The topological polar surface area (TPSA) is 113 Å². The molecule has 0 radical (unpaired) electrons. The molecule has 0 saturated carbocycles. The van der Waals surface area contributed by atoms with Gasteiger partial charge in [0, 0.05) is 0 Å². The van der Waals surface area contributed by atoms with Gasteiger partial charge in [-0.2, -0.15) is 4.72 Å². The Morgan fingerprint density at radius 2 is 1.96 bits per heavy atom. The van der Waals surface area contributed by atoms with Crippen molar-refractivity contribution >= 4 is 33.2 Å². The average Bonchev–Trinajstić information content (AvgIpc) is 2.96. The molecule has 0 fully saturated rings. The summed E-state index contributed by atoms with van der Waals surface area (Å²) in [6.45, 7) is 7.31. The second-order valence-corrected chi connectivity index (χ2v) is 9.66. The molecule has 3 N–H and O–H groups in total. The summed E-state index contributed by atoms with van der Waals surface area (Å²) in [5.74, 6) is -1.81. The summed E-state index contributed by atoms with van der Waals surface area (Å²) in [6.07, 6.45) is 0.883. The molecule has 0 aliphatic carbocycles. The smallest absolute Gasteiger partial charge is 0.326 e. The Labute approximate surface area is 146 Å². The zero-order valence-electron chi connectivity index (χ0n) is 14.2. The maximum absolute atomic E-state index is 12.1. The van der Waals surface area contributed by atoms with Gasteiger partial charge in [-0.15, -0.1) is 11.3 Å². The fourth-order valence-electron chi connectivity index (χ4n) is 1.89. The van der Waals surface area contributed by atoms with Crippen molar-refractivity contribution in [3.8, 4) is 0 Å². The lowest BCUT2D eigenvalue weighted by Crippen LogP contribution is -2.50. The summed E-state index contributed by atoms with van der Waals surface area (Å²) >= 11 is 1.04. The number of amides is 1. The molecule has 1 rings (SSSR count). The number of rotatable bonds is 8. The molecule has 24 heavy (non-hydrogen) atoms. The number of nitrogens with one attached hydrogen (secondary N) is 2. The highest BCUT2D eigenvalue weighted by molar-refractivity contribution is 7.91. The number of carboxylic acids is 1. The Morgan fingerprint density at radius 1 is 1.33 bits per heavy atom. The van der Waals surface area contributed by atoms with Crippen molar-refractivity contribution in [3.63, 3.8) is 0 Å². The summed E-state index contributed by atoms with van der Waals surface area (Å²) < 4.78 is 26.5. The quantitative estimate of drug-likeness (QED) is 0.640. The fraction of sp³-hybridized carbons (Fsp3) is 0.600. The van der Waals surface area contributed by atoms with E-state index in [1.54, 1.807) is 11.4 Å². The fourth-order valence-corrected chi connectivity index (χ4v) is 4.10. The Morgan fingerprint density at radius 3 is 2.42 bits per heavy atom. The van der Waals surface area contributed by atoms with Crippen LogP contribution in [0, 0.1) is 5.41 Å². The van der Waals surface area contributed by atoms with Gasteiger partial charge in [-0.1, -0.05) is 26.8 Å². The molecule has 9 heteroatoms. The first-order valence-electron chi connectivity index (χ1n) is 7.51. The van der Waals surface area contributed by atoms with Crippen LogP contribution in [0.3, 0.4) is 0 Å². The van der Waals surface area contributed by atoms with E-state index in [9.17, 15) is 23.1 Å². The zero-order valence-corrected chi connectivity index (χ0v) is 15.8. The predicted octanol–water partition coefficient (Wildman–Crippen LogP) is 1.81. The molecule has 7 nitrogen and oxygen atoms in total. The Hall–Kier alpha value is -1.45. The van der Waals surface area contributed by atoms with Gasteiger partial charge in [-0.3, -0.25) is 4.79 Å². The van der Waals surface area contributed by atoms with E-state index in [0.717, 1.165) is 11.3 Å². The molecule has 0 spiro atoms. The minimum Gasteiger partial charge on any atom is -0.480 e. The van der Waals surface area contributed by atoms with Crippen LogP contribution in [-0.2, 0) is 19.6 Å². The van der Waals surface area contributed by atoms with Crippen molar-refractivity contribution in [2.45, 2.75) is 56.8 Å². The van der Waals surface area contributed by atoms with Gasteiger partial charge in [0.25, 0.3) is 10.0 Å². The van der Waals surface area contributed by atoms with E-state index in [4.69, 9.17) is 0 Å². The van der Waals surface area contributed by atoms with Gasteiger partial charge >= 0.3 is 5.97 Å². The lowest BCUT2D eigenvalue weighted by molar-refractivity contribution is -0.142. The van der Waals surface area contributed by atoms with Crippen LogP contribution in [0.25, 0.3) is 0 Å². The molecule has 0 aliphatic rings. The number of hydrogen-bond acceptors (Lipinski definition) is 5. The average molecular weight is 377 g/mol. The van der Waals surface area contributed by atoms with Crippen molar-refractivity contribution in [3.05, 3.63) is 17.5 Å². The SMILES string of the molecule is CC(NS(=O)(=O)c1cccs1)C(=O)NC(CCC(C)(C)C)C(=O)O. The minimum atomic E-state index is -3.79. The number of sulfonamides is 1. The maximum Gasteiger partial charge on any atom is 0.326 e. The van der Waals surface area contributed by atoms with Gasteiger partial charge in [-0.25, -0.2) is 13.2 Å². The van der Waals surface area contributed by atoms with E-state index >= 15 is 0 Å². The van der Waals surface area contributed by atoms with Gasteiger partial charge < -0.3 is 10.4 Å². The van der Waals surface area contributed by atoms with Crippen LogP contribution < -0.4 is 10.0 Å². The molecule has 1 amide bonds. The number of hydrogen-bond donors (Lipinski definition) is 3. The van der Waals surface area contributed by atoms with Crippen molar-refractivity contribution < 1.29 is 23.1 Å². The van der Waals surface area contributed by atoms with Crippen LogP contribution >= 0.6 is 11.3 Å². The Kier molecular flexibility index (Phi) is 6.94. The minimum absolute atomic E-state index is 0.0647. The monoisotopic (exact) mass is 376 g/mol. The normalized spacial score (nSPS) is 14.8. The molecule has 0 aliphatic heterocycles. The third-order valence-corrected chi connectivity index (χ3v) is 6.22. The van der Waals surface area contributed by atoms with Crippen LogP contribution in [0.15, 0.2) is 21.7 Å². The summed E-state index contributed by atoms with van der Waals surface area (Å²) in [6, 6.07) is 0.900. The third-order valence-electron chi connectivity index (χ3n) is 3.28. The van der Waals surface area contributed by atoms with Crippen LogP contribution in [0.4, 0.5) is 0 Å². The largest absolute Gasteiger partial charge is 0.480 e. The third kappa shape index (κ3) is 6.58. The van der Waals surface area contributed by atoms with Gasteiger partial charge in [0.1, 0.15) is 10.3 Å². The van der Waals surface area contributed by atoms with Gasteiger partial charge in [0.15, 0.2) is 0 Å². The number of aliphatic carboxylic acids is 1. The first-order valence-corrected chi connectivity index (χ1v) is 9.88. The summed E-state index contributed by atoms with van der Waals surface area (Å²) in [5, 5.41) is 13.2. The second kappa shape index (κ2) is 8.09. The molecule has 2 atom stereocenters. The van der Waals surface area contributed by atoms with E-state index in [-0.39, 0.29) is 16.0 Å². The predicted molar refractivity (Wildman–Crippen MR) is 92.4 cm³/mol. The number of carboxylic acid groups (broad SMARTS) is 1. The molecule has 2 unspecified atom stereocenters. The maximum atomic E-state index is 12.1. The van der Waals surface area contributed by atoms with E-state index in [1.165, 1.54) is 13.0 Å². The first kappa shape index (κ1) is 20.6. The molecule has 1 heterocycles. The second-order valence-electron chi connectivity index (χ2n) is 6.77. The molecule has 0 aromatic carbocycles. The van der Waals surface area contributed by atoms with Crippen LogP contribution in [0.2, 0.25) is 0 Å². The summed E-state index contributed by atoms with van der Waals surface area (Å²) in [4.78, 5) is 23.4. The number of thiophene rings is 1. The van der Waals surface area contributed by atoms with Gasteiger partial charge in [-0.05, 0) is 36.6 Å². The highest BCUT2D eigenvalue weighted by Crippen LogP contribution is 2.21. The van der Waals surface area contributed by atoms with Crippen molar-refractivity contribution in [2.75, 3.05) is 0 Å². The highest BCUT2D eigenvalue weighted by atomic mass is 32.2. The standard InChI is InChI=1S/C15H24N2O5S2/c1-10(17-24(21,22)12-6-5-9-23-12)13(18)16-11(14(19)20)7-8-15(2,3)4/h5-6,9-11,17H,7-8H2,1-4H3,(H,16,18)(H,19,20). The summed E-state index contributed by atoms with van der Waals surface area (Å²) in [5.41, 5.74) is -0.0647. The molecule has 136 valence electrons. The lowest BCUT2D eigenvalue weighted by Gasteiger charge is -2.23. The summed E-state index contributed by atoms with van der Waals surface area (Å²) in [7, 11) is -3.79. The molecule has 1 aromatic heterocycles. The van der Waals surface area contributed by atoms with Crippen molar-refractivity contribution in [2.24, 2.45) is 5.41 Å². The lowest BCUT2D eigenvalue weighted by atomic mass is 9.88. The van der Waals surface area contributed by atoms with E-state index in [0.29, 0.717) is 6.42 Å². The van der Waals surface area contributed by atoms with E-state index in [1.807, 2.05) is 20.8 Å². The van der Waals surface area contributed by atoms with Crippen molar-refractivity contribution in [1.82, 2.24) is 10.0 Å². The van der Waals surface area contributed by atoms with Crippen LogP contribution in [0.1, 0.15) is 40.5 Å². The molecular weight excluding hydrogens is 352 g/mol.